The smallest absolute Gasteiger partial charge is 0.433 e. The minimum absolute atomic E-state index is 0.00815. The Morgan fingerprint density at radius 2 is 2.11 bits per heavy atom. The number of carbonyl (C=O) groups is 1. The molecule has 1 saturated heterocycles. The van der Waals surface area contributed by atoms with E-state index in [0.29, 0.717) is 0 Å². The van der Waals surface area contributed by atoms with Gasteiger partial charge in [0.2, 0.25) is 5.89 Å². The molecule has 5 heterocycles. The zero-order valence-corrected chi connectivity index (χ0v) is 18.6. The number of hydrogen-bond donors (Lipinski definition) is 2. The molecular weight excluding hydrogens is 465 g/mol. The lowest BCUT2D eigenvalue weighted by Crippen LogP contribution is -2.28. The van der Waals surface area contributed by atoms with E-state index >= 15 is 0 Å². The van der Waals surface area contributed by atoms with Gasteiger partial charge in [0.25, 0.3) is 5.91 Å². The maximum Gasteiger partial charge on any atom is 0.433 e. The molecule has 4 aromatic heterocycles. The predicted molar refractivity (Wildman–Crippen MR) is 119 cm³/mol. The molecule has 0 aliphatic carbocycles. The van der Waals surface area contributed by atoms with E-state index in [1.165, 1.54) is 37.1 Å². The molecular formula is C22H21F3N8O2. The number of nitrogens with zero attached hydrogens (tertiary/aromatic N) is 6. The molecule has 13 heteroatoms. The van der Waals surface area contributed by atoms with Crippen molar-refractivity contribution in [3.05, 3.63) is 54.2 Å². The Hall–Kier alpha value is -4.00. The number of aromatic nitrogens is 5. The van der Waals surface area contributed by atoms with Crippen molar-refractivity contribution < 1.29 is 22.4 Å². The fourth-order valence-corrected chi connectivity index (χ4v) is 4.43. The number of oxazole rings is 1. The molecule has 5 rings (SSSR count). The van der Waals surface area contributed by atoms with Gasteiger partial charge in [-0.05, 0) is 26.4 Å². The summed E-state index contributed by atoms with van der Waals surface area (Å²) in [6, 6.07) is 1.22. The van der Waals surface area contributed by atoms with E-state index in [2.05, 4.69) is 25.3 Å². The normalized spacial score (nSPS) is 16.7. The molecule has 35 heavy (non-hydrogen) atoms. The number of likely N-dealkylation sites (N-methyl/N-ethyl adjacent to an activating group) is 1. The second-order valence-electron chi connectivity index (χ2n) is 8.28. The van der Waals surface area contributed by atoms with Gasteiger partial charge >= 0.3 is 6.18 Å². The van der Waals surface area contributed by atoms with E-state index in [1.54, 1.807) is 0 Å². The number of pyridine rings is 1. The second kappa shape index (κ2) is 8.65. The molecule has 0 spiro atoms. The Morgan fingerprint density at radius 1 is 1.29 bits per heavy atom. The van der Waals surface area contributed by atoms with Crippen molar-refractivity contribution in [1.82, 2.24) is 29.2 Å². The maximum atomic E-state index is 14.5. The van der Waals surface area contributed by atoms with Crippen molar-refractivity contribution in [2.75, 3.05) is 24.6 Å². The van der Waals surface area contributed by atoms with Gasteiger partial charge in [0.15, 0.2) is 5.69 Å². The number of likely N-dealkylation sites (tertiary alicyclic amines) is 1. The average Bonchev–Trinajstić information content (AvgIpc) is 3.55. The highest BCUT2D eigenvalue weighted by molar-refractivity contribution is 6.06. The van der Waals surface area contributed by atoms with Crippen molar-refractivity contribution in [2.24, 2.45) is 0 Å². The topological polar surface area (TPSA) is 127 Å². The largest absolute Gasteiger partial charge is 0.443 e. The Kier molecular flexibility index (Phi) is 5.63. The average molecular weight is 486 g/mol. The number of halogens is 3. The van der Waals surface area contributed by atoms with Gasteiger partial charge in [-0.3, -0.25) is 14.2 Å². The van der Waals surface area contributed by atoms with Crippen LogP contribution in [-0.2, 0) is 12.6 Å². The van der Waals surface area contributed by atoms with E-state index in [0.717, 1.165) is 23.8 Å². The van der Waals surface area contributed by atoms with Crippen LogP contribution in [0.4, 0.5) is 24.5 Å². The van der Waals surface area contributed by atoms with E-state index in [-0.39, 0.29) is 52.5 Å². The maximum absolute atomic E-state index is 14.5. The van der Waals surface area contributed by atoms with Crippen LogP contribution in [0.1, 0.15) is 34.7 Å². The van der Waals surface area contributed by atoms with Crippen molar-refractivity contribution in [3.8, 4) is 11.6 Å². The molecule has 0 saturated carbocycles. The number of anilines is 2. The number of rotatable bonds is 5. The zero-order chi connectivity index (χ0) is 24.7. The molecule has 1 unspecified atom stereocenters. The Labute approximate surface area is 197 Å². The summed E-state index contributed by atoms with van der Waals surface area (Å²) < 4.78 is 49.8. The Balaban J connectivity index is 1.73. The van der Waals surface area contributed by atoms with Gasteiger partial charge in [0.1, 0.15) is 23.3 Å². The van der Waals surface area contributed by atoms with Crippen LogP contribution in [0.25, 0.3) is 17.2 Å². The highest BCUT2D eigenvalue weighted by Gasteiger charge is 2.41. The van der Waals surface area contributed by atoms with Crippen molar-refractivity contribution in [3.63, 3.8) is 0 Å². The summed E-state index contributed by atoms with van der Waals surface area (Å²) in [6.45, 7) is 0.812. The Bertz CT molecular complexity index is 1370. The first-order valence-corrected chi connectivity index (χ1v) is 10.8. The SMILES string of the molecule is CN1CCCC1Cc1nc2cc(N)c(NC(=O)c3cnccn3)c(-c3ncco3)n2c1C(F)(F)F. The van der Waals surface area contributed by atoms with Gasteiger partial charge in [-0.2, -0.15) is 13.2 Å². The predicted octanol–water partition coefficient (Wildman–Crippen LogP) is 3.27. The lowest BCUT2D eigenvalue weighted by Gasteiger charge is -2.20. The summed E-state index contributed by atoms with van der Waals surface area (Å²) in [5, 5.41) is 2.55. The van der Waals surface area contributed by atoms with Crippen LogP contribution in [0.3, 0.4) is 0 Å². The molecule has 1 fully saturated rings. The molecule has 1 atom stereocenters. The number of carbonyl (C=O) groups excluding carboxylic acids is 1. The highest BCUT2D eigenvalue weighted by Crippen LogP contribution is 2.41. The molecule has 182 valence electrons. The Morgan fingerprint density at radius 3 is 2.74 bits per heavy atom. The van der Waals surface area contributed by atoms with E-state index in [1.807, 2.05) is 11.9 Å². The third-order valence-electron chi connectivity index (χ3n) is 6.05. The quantitative estimate of drug-likeness (QED) is 0.440. The van der Waals surface area contributed by atoms with Gasteiger partial charge in [-0.15, -0.1) is 0 Å². The number of alkyl halides is 3. The minimum Gasteiger partial charge on any atom is -0.443 e. The number of hydrogen-bond acceptors (Lipinski definition) is 8. The monoisotopic (exact) mass is 486 g/mol. The first kappa shape index (κ1) is 22.8. The first-order chi connectivity index (χ1) is 16.7. The molecule has 0 radical (unpaired) electrons. The third-order valence-corrected chi connectivity index (χ3v) is 6.05. The number of imidazole rings is 1. The van der Waals surface area contributed by atoms with Crippen molar-refractivity contribution in [1.29, 1.82) is 0 Å². The van der Waals surface area contributed by atoms with Crippen LogP contribution in [-0.4, -0.2) is 54.8 Å². The van der Waals surface area contributed by atoms with Crippen LogP contribution in [0.5, 0.6) is 0 Å². The summed E-state index contributed by atoms with van der Waals surface area (Å²) >= 11 is 0. The van der Waals surface area contributed by atoms with Crippen LogP contribution in [0.15, 0.2) is 41.5 Å². The van der Waals surface area contributed by atoms with Gasteiger partial charge in [-0.25, -0.2) is 15.0 Å². The number of amides is 1. The minimum atomic E-state index is -4.75. The summed E-state index contributed by atoms with van der Waals surface area (Å²) in [5.41, 5.74) is 4.77. The number of fused-ring (bicyclic) bond motifs is 1. The van der Waals surface area contributed by atoms with Crippen LogP contribution in [0, 0.1) is 0 Å². The van der Waals surface area contributed by atoms with Gasteiger partial charge in [-0.1, -0.05) is 0 Å². The van der Waals surface area contributed by atoms with E-state index < -0.39 is 17.8 Å². The van der Waals surface area contributed by atoms with E-state index in [9.17, 15) is 18.0 Å². The summed E-state index contributed by atoms with van der Waals surface area (Å²) in [6.07, 6.45) is 3.48. The summed E-state index contributed by atoms with van der Waals surface area (Å²) in [7, 11) is 1.89. The molecule has 4 aromatic rings. The van der Waals surface area contributed by atoms with Crippen molar-refractivity contribution in [2.45, 2.75) is 31.5 Å². The van der Waals surface area contributed by atoms with Crippen molar-refractivity contribution >= 4 is 22.9 Å². The molecule has 1 aliphatic rings. The van der Waals surface area contributed by atoms with E-state index in [4.69, 9.17) is 10.2 Å². The summed E-state index contributed by atoms with van der Waals surface area (Å²) in [5.74, 6) is -0.873. The molecule has 1 aliphatic heterocycles. The summed E-state index contributed by atoms with van der Waals surface area (Å²) in [4.78, 5) is 31.0. The molecule has 0 bridgehead atoms. The molecule has 3 N–H and O–H groups in total. The lowest BCUT2D eigenvalue weighted by atomic mass is 10.1. The van der Waals surface area contributed by atoms with Gasteiger partial charge in [0.05, 0.1) is 29.5 Å². The van der Waals surface area contributed by atoms with Crippen LogP contribution >= 0.6 is 0 Å². The van der Waals surface area contributed by atoms with Crippen LogP contribution < -0.4 is 11.1 Å². The second-order valence-corrected chi connectivity index (χ2v) is 8.28. The van der Waals surface area contributed by atoms with Crippen LogP contribution in [0.2, 0.25) is 0 Å². The molecule has 1 amide bonds. The number of nitrogen functional groups attached to an aromatic ring is 1. The first-order valence-electron chi connectivity index (χ1n) is 10.8. The van der Waals surface area contributed by atoms with Gasteiger partial charge < -0.3 is 20.4 Å². The molecule has 0 aromatic carbocycles. The molecule has 10 nitrogen and oxygen atoms in total. The zero-order valence-electron chi connectivity index (χ0n) is 18.6. The number of nitrogens with two attached hydrogens (primary N) is 1. The third kappa shape index (κ3) is 4.18. The number of nitrogens with one attached hydrogen (secondary N) is 1. The fourth-order valence-electron chi connectivity index (χ4n) is 4.43. The lowest BCUT2D eigenvalue weighted by molar-refractivity contribution is -0.142. The van der Waals surface area contributed by atoms with Gasteiger partial charge in [0, 0.05) is 30.9 Å². The highest BCUT2D eigenvalue weighted by atomic mass is 19.4. The fraction of sp³-hybridized carbons (Fsp3) is 0.318. The standard InChI is InChI=1S/C22H21F3N8O2/c1-32-7-2-3-12(32)9-14-19(22(23,24)25)33-16(30-14)10-13(26)17(18(33)21-29-6-8-35-21)31-20(34)15-11-27-4-5-28-15/h4-6,8,10-12H,2-3,7,9,26H2,1H3,(H,31,34).